The van der Waals surface area contributed by atoms with E-state index < -0.39 is 0 Å². The number of aromatic nitrogens is 3. The molecule has 4 rings (SSSR count). The standard InChI is InChI=1S/C23H24N4O2/c1-15-26-22(12-23(28)27-15)21(24-13-16-7-9-18(29-2)10-8-16)11-17-14-25-20-6-4-3-5-19(17)20/h3-10,12,14,21,24-25H,11,13H2,1-2H3,(H,26,27,28). The van der Waals surface area contributed by atoms with Crippen molar-refractivity contribution in [2.75, 3.05) is 7.11 Å². The number of hydrogen-bond acceptors (Lipinski definition) is 4. The molecule has 0 amide bonds. The van der Waals surface area contributed by atoms with Gasteiger partial charge in [0, 0.05) is 29.7 Å². The summed E-state index contributed by atoms with van der Waals surface area (Å²) in [6.07, 6.45) is 2.75. The first-order chi connectivity index (χ1) is 14.1. The zero-order chi connectivity index (χ0) is 20.2. The number of nitrogens with one attached hydrogen (secondary N) is 3. The van der Waals surface area contributed by atoms with Crippen molar-refractivity contribution >= 4 is 10.9 Å². The highest BCUT2D eigenvalue weighted by atomic mass is 16.5. The number of H-pyrrole nitrogens is 2. The SMILES string of the molecule is COc1ccc(CNC(Cc2c[nH]c3ccccc23)c2cc(=O)[nH]c(C)n2)cc1. The Balaban J connectivity index is 1.62. The van der Waals surface area contributed by atoms with Gasteiger partial charge in [0.25, 0.3) is 5.56 Å². The van der Waals surface area contributed by atoms with Crippen LogP contribution in [0.3, 0.4) is 0 Å². The lowest BCUT2D eigenvalue weighted by atomic mass is 10.0. The summed E-state index contributed by atoms with van der Waals surface area (Å²) in [7, 11) is 1.66. The normalized spacial score (nSPS) is 12.2. The maximum Gasteiger partial charge on any atom is 0.251 e. The van der Waals surface area contributed by atoms with Gasteiger partial charge in [0.05, 0.1) is 18.8 Å². The Labute approximate surface area is 169 Å². The molecule has 0 bridgehead atoms. The third-order valence-electron chi connectivity index (χ3n) is 5.05. The third kappa shape index (κ3) is 4.38. The van der Waals surface area contributed by atoms with Gasteiger partial charge in [-0.3, -0.25) is 4.79 Å². The van der Waals surface area contributed by atoms with Gasteiger partial charge in [-0.2, -0.15) is 0 Å². The van der Waals surface area contributed by atoms with Gasteiger partial charge in [-0.15, -0.1) is 0 Å². The number of benzene rings is 2. The zero-order valence-corrected chi connectivity index (χ0v) is 16.5. The van der Waals surface area contributed by atoms with Gasteiger partial charge in [0.2, 0.25) is 0 Å². The Kier molecular flexibility index (Phi) is 5.44. The molecular weight excluding hydrogens is 364 g/mol. The number of rotatable bonds is 7. The van der Waals surface area contributed by atoms with Gasteiger partial charge in [0.15, 0.2) is 0 Å². The summed E-state index contributed by atoms with van der Waals surface area (Å²) >= 11 is 0. The Hall–Kier alpha value is -3.38. The number of nitrogens with zero attached hydrogens (tertiary/aromatic N) is 1. The maximum absolute atomic E-state index is 12.0. The maximum atomic E-state index is 12.0. The van der Waals surface area contributed by atoms with E-state index in [1.54, 1.807) is 20.1 Å². The first-order valence-corrected chi connectivity index (χ1v) is 9.61. The highest BCUT2D eigenvalue weighted by molar-refractivity contribution is 5.83. The molecule has 0 aliphatic rings. The molecular formula is C23H24N4O2. The van der Waals surface area contributed by atoms with Gasteiger partial charge in [-0.1, -0.05) is 30.3 Å². The van der Waals surface area contributed by atoms with E-state index in [0.717, 1.165) is 28.9 Å². The Morgan fingerprint density at radius 3 is 2.69 bits per heavy atom. The lowest BCUT2D eigenvalue weighted by Crippen LogP contribution is -2.26. The number of aryl methyl sites for hydroxylation is 1. The fraction of sp³-hybridized carbons (Fsp3) is 0.217. The van der Waals surface area contributed by atoms with Crippen LogP contribution in [0.4, 0.5) is 0 Å². The van der Waals surface area contributed by atoms with Crippen LogP contribution in [0.5, 0.6) is 5.75 Å². The Morgan fingerprint density at radius 1 is 1.14 bits per heavy atom. The van der Waals surface area contributed by atoms with Crippen LogP contribution < -0.4 is 15.6 Å². The molecule has 0 radical (unpaired) electrons. The van der Waals surface area contributed by atoms with E-state index in [0.29, 0.717) is 12.4 Å². The van der Waals surface area contributed by atoms with E-state index in [4.69, 9.17) is 4.74 Å². The molecule has 2 aromatic heterocycles. The van der Waals surface area contributed by atoms with Crippen molar-refractivity contribution in [3.05, 3.63) is 93.8 Å². The minimum Gasteiger partial charge on any atom is -0.497 e. The summed E-state index contributed by atoms with van der Waals surface area (Å²) < 4.78 is 5.23. The quantitative estimate of drug-likeness (QED) is 0.451. The summed E-state index contributed by atoms with van der Waals surface area (Å²) in [6.45, 7) is 2.46. The van der Waals surface area contributed by atoms with Gasteiger partial charge >= 0.3 is 0 Å². The average Bonchev–Trinajstić information content (AvgIpc) is 3.13. The average molecular weight is 388 g/mol. The second kappa shape index (κ2) is 8.32. The van der Waals surface area contributed by atoms with Crippen molar-refractivity contribution in [2.24, 2.45) is 0 Å². The summed E-state index contributed by atoms with van der Waals surface area (Å²) in [6, 6.07) is 17.7. The molecule has 1 unspecified atom stereocenters. The summed E-state index contributed by atoms with van der Waals surface area (Å²) in [5.74, 6) is 1.44. The van der Waals surface area contributed by atoms with Crippen LogP contribution in [0, 0.1) is 6.92 Å². The first kappa shape index (κ1) is 19.0. The smallest absolute Gasteiger partial charge is 0.251 e. The van der Waals surface area contributed by atoms with Crippen LogP contribution in [-0.4, -0.2) is 22.1 Å². The van der Waals surface area contributed by atoms with E-state index in [-0.39, 0.29) is 11.6 Å². The predicted octanol–water partition coefficient (Wildman–Crippen LogP) is 3.64. The van der Waals surface area contributed by atoms with Crippen molar-refractivity contribution in [3.63, 3.8) is 0 Å². The molecule has 0 spiro atoms. The fourth-order valence-electron chi connectivity index (χ4n) is 3.57. The summed E-state index contributed by atoms with van der Waals surface area (Å²) in [5.41, 5.74) is 4.03. The number of para-hydroxylation sites is 1. The molecule has 0 aliphatic carbocycles. The lowest BCUT2D eigenvalue weighted by molar-refractivity contribution is 0.414. The molecule has 29 heavy (non-hydrogen) atoms. The first-order valence-electron chi connectivity index (χ1n) is 9.61. The van der Waals surface area contributed by atoms with Crippen molar-refractivity contribution in [3.8, 4) is 5.75 Å². The summed E-state index contributed by atoms with van der Waals surface area (Å²) in [5, 5.41) is 4.76. The molecule has 6 nitrogen and oxygen atoms in total. The number of fused-ring (bicyclic) bond motifs is 1. The van der Waals surface area contributed by atoms with Gasteiger partial charge in [-0.25, -0.2) is 4.98 Å². The third-order valence-corrected chi connectivity index (χ3v) is 5.05. The largest absolute Gasteiger partial charge is 0.497 e. The van der Waals surface area contributed by atoms with Crippen LogP contribution in [0.15, 0.2) is 65.6 Å². The second-order valence-corrected chi connectivity index (χ2v) is 7.10. The minimum absolute atomic E-state index is 0.0997. The molecule has 0 saturated heterocycles. The Morgan fingerprint density at radius 2 is 1.93 bits per heavy atom. The second-order valence-electron chi connectivity index (χ2n) is 7.10. The number of aromatic amines is 2. The molecule has 2 heterocycles. The molecule has 148 valence electrons. The van der Waals surface area contributed by atoms with E-state index in [1.165, 1.54) is 10.9 Å². The Bertz CT molecular complexity index is 1160. The van der Waals surface area contributed by atoms with Crippen molar-refractivity contribution in [1.29, 1.82) is 0 Å². The van der Waals surface area contributed by atoms with Crippen molar-refractivity contribution in [2.45, 2.75) is 25.9 Å². The van der Waals surface area contributed by atoms with Crippen LogP contribution in [0.1, 0.15) is 28.7 Å². The van der Waals surface area contributed by atoms with E-state index in [1.807, 2.05) is 42.6 Å². The number of ether oxygens (including phenoxy) is 1. The van der Waals surface area contributed by atoms with E-state index in [9.17, 15) is 4.79 Å². The van der Waals surface area contributed by atoms with Gasteiger partial charge in [-0.05, 0) is 42.7 Å². The van der Waals surface area contributed by atoms with Crippen LogP contribution in [0.2, 0.25) is 0 Å². The number of methoxy groups -OCH3 is 1. The van der Waals surface area contributed by atoms with Gasteiger partial charge in [0.1, 0.15) is 11.6 Å². The van der Waals surface area contributed by atoms with E-state index in [2.05, 4.69) is 32.4 Å². The molecule has 6 heteroatoms. The highest BCUT2D eigenvalue weighted by Crippen LogP contribution is 2.24. The van der Waals surface area contributed by atoms with Crippen LogP contribution in [-0.2, 0) is 13.0 Å². The van der Waals surface area contributed by atoms with Crippen molar-refractivity contribution < 1.29 is 4.74 Å². The topological polar surface area (TPSA) is 82.8 Å². The monoisotopic (exact) mass is 388 g/mol. The molecule has 3 N–H and O–H groups in total. The molecule has 4 aromatic rings. The van der Waals surface area contributed by atoms with E-state index >= 15 is 0 Å². The lowest BCUT2D eigenvalue weighted by Gasteiger charge is -2.19. The van der Waals surface area contributed by atoms with Gasteiger partial charge < -0.3 is 20.0 Å². The molecule has 0 fully saturated rings. The fourth-order valence-corrected chi connectivity index (χ4v) is 3.57. The molecule has 2 aromatic carbocycles. The van der Waals surface area contributed by atoms with Crippen LogP contribution in [0.25, 0.3) is 10.9 Å². The molecule has 0 saturated carbocycles. The van der Waals surface area contributed by atoms with Crippen LogP contribution >= 0.6 is 0 Å². The van der Waals surface area contributed by atoms with Crippen molar-refractivity contribution in [1.82, 2.24) is 20.3 Å². The molecule has 1 atom stereocenters. The zero-order valence-electron chi connectivity index (χ0n) is 16.5. The highest BCUT2D eigenvalue weighted by Gasteiger charge is 2.17. The number of hydrogen-bond donors (Lipinski definition) is 3. The predicted molar refractivity (Wildman–Crippen MR) is 114 cm³/mol. The summed E-state index contributed by atoms with van der Waals surface area (Å²) in [4.78, 5) is 22.7. The molecule has 0 aliphatic heterocycles. The minimum atomic E-state index is -0.136.